The van der Waals surface area contributed by atoms with Crippen LogP contribution in [0.25, 0.3) is 0 Å². The molecule has 106 valence electrons. The molecular weight excluding hydrogens is 277 g/mol. The van der Waals surface area contributed by atoms with Crippen LogP contribution in [-0.4, -0.2) is 44.0 Å². The Balaban J connectivity index is 3.24. The Labute approximate surface area is 110 Å². The molecule has 0 heterocycles. The molecule has 0 radical (unpaired) electrons. The molecule has 1 aromatic rings. The predicted octanol–water partition coefficient (Wildman–Crippen LogP) is 0.928. The van der Waals surface area contributed by atoms with E-state index in [1.54, 1.807) is 0 Å². The molecule has 0 fully saturated rings. The van der Waals surface area contributed by atoms with Gasteiger partial charge in [0, 0.05) is 13.1 Å². The van der Waals surface area contributed by atoms with E-state index in [9.17, 15) is 17.6 Å². The molecule has 1 atom stereocenters. The molecular formula is C11H14FNO5S. The van der Waals surface area contributed by atoms with Crippen molar-refractivity contribution in [2.24, 2.45) is 0 Å². The van der Waals surface area contributed by atoms with Gasteiger partial charge in [0.1, 0.15) is 6.04 Å². The fraction of sp³-hybridized carbons (Fsp3) is 0.364. The molecule has 0 amide bonds. The zero-order valence-electron chi connectivity index (χ0n) is 10.6. The van der Waals surface area contributed by atoms with Crippen molar-refractivity contribution < 1.29 is 27.4 Å². The summed E-state index contributed by atoms with van der Waals surface area (Å²) in [7, 11) is -1.68. The Morgan fingerprint density at radius 3 is 2.53 bits per heavy atom. The van der Waals surface area contributed by atoms with E-state index in [4.69, 9.17) is 9.84 Å². The minimum absolute atomic E-state index is 0.225. The van der Waals surface area contributed by atoms with Crippen LogP contribution >= 0.6 is 0 Å². The lowest BCUT2D eigenvalue weighted by atomic mass is 10.3. The maximum Gasteiger partial charge on any atom is 0.321 e. The highest BCUT2D eigenvalue weighted by Gasteiger charge is 2.30. The number of ether oxygens (including phenoxy) is 1. The molecule has 8 heteroatoms. The second-order valence-corrected chi connectivity index (χ2v) is 5.83. The van der Waals surface area contributed by atoms with E-state index in [0.29, 0.717) is 4.31 Å². The van der Waals surface area contributed by atoms with Crippen LogP contribution in [0.1, 0.15) is 6.92 Å². The van der Waals surface area contributed by atoms with Gasteiger partial charge in [-0.3, -0.25) is 4.79 Å². The first-order valence-electron chi connectivity index (χ1n) is 5.26. The number of carboxylic acids is 1. The summed E-state index contributed by atoms with van der Waals surface area (Å²) in [4.78, 5) is 10.6. The molecule has 0 saturated heterocycles. The lowest BCUT2D eigenvalue weighted by Gasteiger charge is -2.21. The van der Waals surface area contributed by atoms with Gasteiger partial charge in [-0.25, -0.2) is 12.8 Å². The van der Waals surface area contributed by atoms with Gasteiger partial charge in [0.25, 0.3) is 0 Å². The monoisotopic (exact) mass is 291 g/mol. The van der Waals surface area contributed by atoms with Crippen LogP contribution in [0, 0.1) is 5.82 Å². The fourth-order valence-electron chi connectivity index (χ4n) is 1.33. The van der Waals surface area contributed by atoms with Crippen molar-refractivity contribution in [3.8, 4) is 5.75 Å². The van der Waals surface area contributed by atoms with Gasteiger partial charge in [-0.05, 0) is 19.1 Å². The second kappa shape index (κ2) is 5.54. The van der Waals surface area contributed by atoms with Gasteiger partial charge >= 0.3 is 5.97 Å². The Morgan fingerprint density at radius 2 is 2.05 bits per heavy atom. The largest absolute Gasteiger partial charge is 0.494 e. The van der Waals surface area contributed by atoms with Crippen molar-refractivity contribution in [2.75, 3.05) is 14.2 Å². The first kappa shape index (κ1) is 15.4. The molecule has 0 bridgehead atoms. The Morgan fingerprint density at radius 1 is 1.47 bits per heavy atom. The lowest BCUT2D eigenvalue weighted by molar-refractivity contribution is -0.140. The van der Waals surface area contributed by atoms with E-state index in [0.717, 1.165) is 25.2 Å². The molecule has 0 aliphatic heterocycles. The number of carboxylic acid groups (broad SMARTS) is 1. The minimum Gasteiger partial charge on any atom is -0.494 e. The maximum absolute atomic E-state index is 13.2. The third kappa shape index (κ3) is 3.02. The maximum atomic E-state index is 13.2. The van der Waals surface area contributed by atoms with E-state index in [1.165, 1.54) is 14.0 Å². The van der Waals surface area contributed by atoms with E-state index < -0.39 is 27.9 Å². The summed E-state index contributed by atoms with van der Waals surface area (Å²) in [6.45, 7) is 1.24. The predicted molar refractivity (Wildman–Crippen MR) is 65.0 cm³/mol. The van der Waals surface area contributed by atoms with Crippen molar-refractivity contribution >= 4 is 16.0 Å². The Hall–Kier alpha value is -1.67. The molecule has 0 aliphatic carbocycles. The van der Waals surface area contributed by atoms with E-state index in [1.807, 2.05) is 0 Å². The van der Waals surface area contributed by atoms with Crippen LogP contribution in [0.15, 0.2) is 23.1 Å². The van der Waals surface area contributed by atoms with E-state index in [2.05, 4.69) is 0 Å². The molecule has 19 heavy (non-hydrogen) atoms. The number of halogens is 1. The third-order valence-electron chi connectivity index (χ3n) is 2.70. The van der Waals surface area contributed by atoms with Crippen molar-refractivity contribution in [3.05, 3.63) is 24.0 Å². The minimum atomic E-state index is -4.03. The highest BCUT2D eigenvalue weighted by atomic mass is 32.2. The van der Waals surface area contributed by atoms with Crippen LogP contribution < -0.4 is 4.74 Å². The Bertz CT molecular complexity index is 587. The Kier molecular flexibility index (Phi) is 4.48. The van der Waals surface area contributed by atoms with E-state index in [-0.39, 0.29) is 10.6 Å². The number of aliphatic carboxylic acids is 1. The number of sulfonamides is 1. The number of likely N-dealkylation sites (N-methyl/N-ethyl adjacent to an activating group) is 1. The van der Waals surface area contributed by atoms with Crippen LogP contribution in [-0.2, 0) is 14.8 Å². The van der Waals surface area contributed by atoms with Crippen molar-refractivity contribution in [3.63, 3.8) is 0 Å². The van der Waals surface area contributed by atoms with Gasteiger partial charge in [-0.15, -0.1) is 0 Å². The van der Waals surface area contributed by atoms with Crippen molar-refractivity contribution in [2.45, 2.75) is 17.9 Å². The molecule has 1 unspecified atom stereocenters. The molecule has 1 N–H and O–H groups in total. The summed E-state index contributed by atoms with van der Waals surface area (Å²) in [5, 5.41) is 8.82. The first-order chi connectivity index (χ1) is 8.71. The zero-order valence-corrected chi connectivity index (χ0v) is 11.4. The van der Waals surface area contributed by atoms with Crippen molar-refractivity contribution in [1.29, 1.82) is 0 Å². The van der Waals surface area contributed by atoms with E-state index >= 15 is 0 Å². The van der Waals surface area contributed by atoms with Gasteiger partial charge in [-0.2, -0.15) is 4.31 Å². The fourth-order valence-corrected chi connectivity index (χ4v) is 2.67. The first-order valence-corrected chi connectivity index (χ1v) is 6.70. The molecule has 0 saturated carbocycles. The molecule has 0 spiro atoms. The molecule has 1 rings (SSSR count). The number of carbonyl (C=O) groups is 1. The summed E-state index contributed by atoms with van der Waals surface area (Å²) >= 11 is 0. The van der Waals surface area contributed by atoms with Crippen molar-refractivity contribution in [1.82, 2.24) is 4.31 Å². The number of nitrogens with zero attached hydrogens (tertiary/aromatic N) is 1. The smallest absolute Gasteiger partial charge is 0.321 e. The summed E-state index contributed by atoms with van der Waals surface area (Å²) in [6.07, 6.45) is 0. The summed E-state index contributed by atoms with van der Waals surface area (Å²) in [5.74, 6) is -2.20. The van der Waals surface area contributed by atoms with Crippen LogP contribution in [0.2, 0.25) is 0 Å². The summed E-state index contributed by atoms with van der Waals surface area (Å²) < 4.78 is 42.9. The number of hydrogen-bond donors (Lipinski definition) is 1. The average Bonchev–Trinajstić information content (AvgIpc) is 2.36. The van der Waals surface area contributed by atoms with Gasteiger partial charge in [0.15, 0.2) is 11.6 Å². The standard InChI is InChI=1S/C11H14FNO5S/c1-7(11(14)15)13(2)19(16,17)8-4-5-9(12)10(6-8)18-3/h4-7H,1-3H3,(H,14,15). The van der Waals surface area contributed by atoms with Gasteiger partial charge < -0.3 is 9.84 Å². The lowest BCUT2D eigenvalue weighted by Crippen LogP contribution is -2.40. The molecule has 1 aromatic carbocycles. The van der Waals surface area contributed by atoms with Gasteiger partial charge in [-0.1, -0.05) is 0 Å². The van der Waals surface area contributed by atoms with Gasteiger partial charge in [0.05, 0.1) is 12.0 Å². The topological polar surface area (TPSA) is 83.9 Å². The SMILES string of the molecule is COc1cc(S(=O)(=O)N(C)C(C)C(=O)O)ccc1F. The number of rotatable bonds is 5. The van der Waals surface area contributed by atoms with Crippen LogP contribution in [0.5, 0.6) is 5.75 Å². The number of benzene rings is 1. The number of hydrogen-bond acceptors (Lipinski definition) is 4. The second-order valence-electron chi connectivity index (χ2n) is 3.83. The highest BCUT2D eigenvalue weighted by molar-refractivity contribution is 7.89. The third-order valence-corrected chi connectivity index (χ3v) is 4.63. The summed E-state index contributed by atoms with van der Waals surface area (Å²) in [6, 6.07) is 1.78. The average molecular weight is 291 g/mol. The quantitative estimate of drug-likeness (QED) is 0.872. The highest BCUT2D eigenvalue weighted by Crippen LogP contribution is 2.24. The summed E-state index contributed by atoms with van der Waals surface area (Å²) in [5.41, 5.74) is 0. The number of methoxy groups -OCH3 is 1. The zero-order chi connectivity index (χ0) is 14.8. The molecule has 0 aliphatic rings. The van der Waals surface area contributed by atoms with Gasteiger partial charge in [0.2, 0.25) is 10.0 Å². The normalized spacial score (nSPS) is 13.3. The van der Waals surface area contributed by atoms with Crippen LogP contribution in [0.3, 0.4) is 0 Å². The molecule has 6 nitrogen and oxygen atoms in total. The molecule has 0 aromatic heterocycles. The van der Waals surface area contributed by atoms with Crippen LogP contribution in [0.4, 0.5) is 4.39 Å².